The van der Waals surface area contributed by atoms with Crippen molar-refractivity contribution in [1.82, 2.24) is 9.80 Å². The van der Waals surface area contributed by atoms with Gasteiger partial charge in [-0.2, -0.15) is 0 Å². The van der Waals surface area contributed by atoms with Crippen LogP contribution < -0.4 is 9.47 Å². The van der Waals surface area contributed by atoms with Gasteiger partial charge in [0.1, 0.15) is 17.6 Å². The third kappa shape index (κ3) is 5.62. The molecule has 0 N–H and O–H groups in total. The number of ether oxygens (including phenoxy) is 2. The molecule has 2 saturated heterocycles. The summed E-state index contributed by atoms with van der Waals surface area (Å²) in [5.74, 6) is 2.09. The molecular formula is C21H30N2O4. The average molecular weight is 374 g/mol. The first-order valence-electron chi connectivity index (χ1n) is 10.0. The first kappa shape index (κ1) is 19.5. The van der Waals surface area contributed by atoms with Crippen molar-refractivity contribution in [2.45, 2.75) is 51.0 Å². The van der Waals surface area contributed by atoms with Crippen LogP contribution in [0.1, 0.15) is 44.9 Å². The lowest BCUT2D eigenvalue weighted by Crippen LogP contribution is -2.42. The number of carbonyl (C=O) groups excluding carboxylic acids is 2. The molecule has 0 aromatic heterocycles. The minimum atomic E-state index is 0.147. The van der Waals surface area contributed by atoms with Gasteiger partial charge >= 0.3 is 0 Å². The lowest BCUT2D eigenvalue weighted by atomic mass is 10.1. The number of nitrogens with zero attached hydrogens (tertiary/aromatic N) is 2. The van der Waals surface area contributed by atoms with Crippen molar-refractivity contribution in [1.29, 1.82) is 0 Å². The van der Waals surface area contributed by atoms with Gasteiger partial charge in [-0.3, -0.25) is 9.59 Å². The van der Waals surface area contributed by atoms with Gasteiger partial charge in [0.05, 0.1) is 7.11 Å². The molecule has 0 spiro atoms. The Bertz CT molecular complexity index is 624. The van der Waals surface area contributed by atoms with Crippen molar-refractivity contribution in [3.05, 3.63) is 24.3 Å². The van der Waals surface area contributed by atoms with Gasteiger partial charge in [0.25, 0.3) is 0 Å². The van der Waals surface area contributed by atoms with E-state index in [1.807, 2.05) is 34.1 Å². The Labute approximate surface area is 161 Å². The molecule has 2 heterocycles. The smallest absolute Gasteiger partial charge is 0.222 e. The number of hydrogen-bond donors (Lipinski definition) is 0. The Hall–Kier alpha value is -2.24. The van der Waals surface area contributed by atoms with E-state index in [2.05, 4.69) is 0 Å². The van der Waals surface area contributed by atoms with Crippen molar-refractivity contribution in [3.8, 4) is 11.5 Å². The number of hydrogen-bond acceptors (Lipinski definition) is 4. The van der Waals surface area contributed by atoms with Crippen LogP contribution in [0.15, 0.2) is 24.3 Å². The SMILES string of the molecule is COc1ccc(OC2CCN(C(=O)CCCN3CCCCC3=O)CC2)cc1. The highest BCUT2D eigenvalue weighted by Crippen LogP contribution is 2.22. The Balaban J connectivity index is 1.35. The summed E-state index contributed by atoms with van der Waals surface area (Å²) in [6, 6.07) is 7.61. The summed E-state index contributed by atoms with van der Waals surface area (Å²) < 4.78 is 11.2. The maximum atomic E-state index is 12.4. The van der Waals surface area contributed by atoms with Crippen molar-refractivity contribution in [2.75, 3.05) is 33.3 Å². The van der Waals surface area contributed by atoms with Gasteiger partial charge < -0.3 is 19.3 Å². The highest BCUT2D eigenvalue weighted by molar-refractivity contribution is 5.77. The predicted molar refractivity (Wildman–Crippen MR) is 103 cm³/mol. The zero-order valence-corrected chi connectivity index (χ0v) is 16.2. The van der Waals surface area contributed by atoms with E-state index in [9.17, 15) is 9.59 Å². The van der Waals surface area contributed by atoms with Gasteiger partial charge in [0.2, 0.25) is 11.8 Å². The molecule has 0 atom stereocenters. The van der Waals surface area contributed by atoms with Crippen LogP contribution in [-0.4, -0.2) is 61.0 Å². The molecule has 2 amide bonds. The molecule has 2 fully saturated rings. The van der Waals surface area contributed by atoms with Crippen molar-refractivity contribution in [3.63, 3.8) is 0 Å². The normalized spacial score (nSPS) is 18.5. The highest BCUT2D eigenvalue weighted by Gasteiger charge is 2.24. The first-order chi connectivity index (χ1) is 13.2. The maximum absolute atomic E-state index is 12.4. The molecule has 27 heavy (non-hydrogen) atoms. The highest BCUT2D eigenvalue weighted by atomic mass is 16.5. The van der Waals surface area contributed by atoms with Crippen molar-refractivity contribution < 1.29 is 19.1 Å². The summed E-state index contributed by atoms with van der Waals surface area (Å²) >= 11 is 0. The molecule has 0 radical (unpaired) electrons. The number of likely N-dealkylation sites (tertiary alicyclic amines) is 2. The second-order valence-electron chi connectivity index (χ2n) is 7.31. The average Bonchev–Trinajstić information content (AvgIpc) is 2.70. The van der Waals surface area contributed by atoms with Gasteiger partial charge in [-0.1, -0.05) is 0 Å². The Morgan fingerprint density at radius 2 is 1.78 bits per heavy atom. The second-order valence-corrected chi connectivity index (χ2v) is 7.31. The molecule has 0 bridgehead atoms. The first-order valence-corrected chi connectivity index (χ1v) is 10.0. The number of rotatable bonds is 7. The Morgan fingerprint density at radius 3 is 2.44 bits per heavy atom. The predicted octanol–water partition coefficient (Wildman–Crippen LogP) is 2.86. The molecule has 1 aromatic rings. The number of methoxy groups -OCH3 is 1. The van der Waals surface area contributed by atoms with Gasteiger partial charge in [0.15, 0.2) is 0 Å². The van der Waals surface area contributed by atoms with Crippen LogP contribution in [0, 0.1) is 0 Å². The van der Waals surface area contributed by atoms with E-state index in [0.717, 1.165) is 63.2 Å². The van der Waals surface area contributed by atoms with Crippen LogP contribution in [-0.2, 0) is 9.59 Å². The van der Waals surface area contributed by atoms with Crippen LogP contribution in [0.5, 0.6) is 11.5 Å². The van der Waals surface area contributed by atoms with Crippen molar-refractivity contribution in [2.24, 2.45) is 0 Å². The molecule has 0 aliphatic carbocycles. The lowest BCUT2D eigenvalue weighted by molar-refractivity contribution is -0.136. The Kier molecular flexibility index (Phi) is 6.96. The maximum Gasteiger partial charge on any atom is 0.222 e. The Morgan fingerprint density at radius 1 is 1.07 bits per heavy atom. The zero-order chi connectivity index (χ0) is 19.1. The second kappa shape index (κ2) is 9.62. The fourth-order valence-electron chi connectivity index (χ4n) is 3.75. The van der Waals surface area contributed by atoms with Crippen molar-refractivity contribution >= 4 is 11.8 Å². The molecule has 6 nitrogen and oxygen atoms in total. The molecule has 6 heteroatoms. The van der Waals surface area contributed by atoms with Crippen LogP contribution in [0.2, 0.25) is 0 Å². The third-order valence-electron chi connectivity index (χ3n) is 5.40. The number of carbonyl (C=O) groups is 2. The molecule has 0 unspecified atom stereocenters. The van der Waals surface area contributed by atoms with Gasteiger partial charge in [-0.25, -0.2) is 0 Å². The van der Waals surface area contributed by atoms with E-state index in [4.69, 9.17) is 9.47 Å². The molecule has 0 saturated carbocycles. The van der Waals surface area contributed by atoms with Crippen LogP contribution in [0.3, 0.4) is 0 Å². The molecule has 1 aromatic carbocycles. The van der Waals surface area contributed by atoms with E-state index in [-0.39, 0.29) is 17.9 Å². The standard InChI is InChI=1S/C21H30N2O4/c1-26-17-7-9-18(10-8-17)27-19-11-15-23(16-12-19)21(25)6-4-14-22-13-3-2-5-20(22)24/h7-10,19H,2-6,11-16H2,1H3. The fraction of sp³-hybridized carbons (Fsp3) is 0.619. The zero-order valence-electron chi connectivity index (χ0n) is 16.2. The number of amides is 2. The summed E-state index contributed by atoms with van der Waals surface area (Å²) in [5.41, 5.74) is 0. The minimum Gasteiger partial charge on any atom is -0.497 e. The summed E-state index contributed by atoms with van der Waals surface area (Å²) in [6.07, 6.45) is 5.87. The number of benzene rings is 1. The summed E-state index contributed by atoms with van der Waals surface area (Å²) in [5, 5.41) is 0. The third-order valence-corrected chi connectivity index (χ3v) is 5.40. The van der Waals surface area contributed by atoms with Crippen LogP contribution in [0.4, 0.5) is 0 Å². The van der Waals surface area contributed by atoms with Gasteiger partial charge in [0, 0.05) is 51.9 Å². The summed E-state index contributed by atoms with van der Waals surface area (Å²) in [4.78, 5) is 28.1. The van der Waals surface area contributed by atoms with Gasteiger partial charge in [-0.15, -0.1) is 0 Å². The van der Waals surface area contributed by atoms with Crippen LogP contribution in [0.25, 0.3) is 0 Å². The molecular weight excluding hydrogens is 344 g/mol. The quantitative estimate of drug-likeness (QED) is 0.736. The lowest BCUT2D eigenvalue weighted by Gasteiger charge is -2.32. The summed E-state index contributed by atoms with van der Waals surface area (Å²) in [7, 11) is 1.65. The van der Waals surface area contributed by atoms with E-state index in [1.54, 1.807) is 7.11 Å². The van der Waals surface area contributed by atoms with Gasteiger partial charge in [-0.05, 0) is 43.5 Å². The molecule has 2 aliphatic rings. The largest absolute Gasteiger partial charge is 0.497 e. The molecule has 148 valence electrons. The fourth-order valence-corrected chi connectivity index (χ4v) is 3.75. The topological polar surface area (TPSA) is 59.1 Å². The van der Waals surface area contributed by atoms with E-state index < -0.39 is 0 Å². The van der Waals surface area contributed by atoms with E-state index >= 15 is 0 Å². The number of piperidine rings is 2. The molecule has 3 rings (SSSR count). The summed E-state index contributed by atoms with van der Waals surface area (Å²) in [6.45, 7) is 3.04. The van der Waals surface area contributed by atoms with Crippen LogP contribution >= 0.6 is 0 Å². The minimum absolute atomic E-state index is 0.147. The van der Waals surface area contributed by atoms with E-state index in [1.165, 1.54) is 0 Å². The molecule has 2 aliphatic heterocycles. The van der Waals surface area contributed by atoms with E-state index in [0.29, 0.717) is 19.4 Å². The monoisotopic (exact) mass is 374 g/mol.